The molecule has 5 heteroatoms. The summed E-state index contributed by atoms with van der Waals surface area (Å²) in [6, 6.07) is 8.61. The van der Waals surface area contributed by atoms with E-state index in [-0.39, 0.29) is 11.5 Å². The van der Waals surface area contributed by atoms with Crippen LogP contribution in [0.2, 0.25) is 0 Å². The van der Waals surface area contributed by atoms with Gasteiger partial charge in [-0.3, -0.25) is 4.79 Å². The van der Waals surface area contributed by atoms with Gasteiger partial charge in [-0.05, 0) is 43.6 Å². The van der Waals surface area contributed by atoms with Crippen LogP contribution in [0.3, 0.4) is 0 Å². The molecule has 1 saturated heterocycles. The Balaban J connectivity index is 2.01. The van der Waals surface area contributed by atoms with Crippen LogP contribution >= 0.6 is 0 Å². The molecule has 0 radical (unpaired) electrons. The Hall–Kier alpha value is -2.37. The predicted octanol–water partition coefficient (Wildman–Crippen LogP) is 1.37. The van der Waals surface area contributed by atoms with E-state index in [0.29, 0.717) is 23.6 Å². The summed E-state index contributed by atoms with van der Waals surface area (Å²) in [7, 11) is 0. The van der Waals surface area contributed by atoms with Crippen LogP contribution in [0.15, 0.2) is 18.2 Å². The van der Waals surface area contributed by atoms with Gasteiger partial charge in [0.25, 0.3) is 0 Å². The second-order valence-electron chi connectivity index (χ2n) is 4.60. The molecular weight excluding hydrogens is 240 g/mol. The summed E-state index contributed by atoms with van der Waals surface area (Å²) < 4.78 is 0. The van der Waals surface area contributed by atoms with Crippen molar-refractivity contribution in [2.24, 2.45) is 5.92 Å². The molecule has 1 aromatic rings. The minimum absolute atomic E-state index is 0.0534. The van der Waals surface area contributed by atoms with Gasteiger partial charge in [-0.15, -0.1) is 0 Å². The summed E-state index contributed by atoms with van der Waals surface area (Å²) in [6.07, 6.45) is 1.50. The first-order valence-corrected chi connectivity index (χ1v) is 6.17. The van der Waals surface area contributed by atoms with E-state index >= 15 is 0 Å². The molecule has 0 spiro atoms. The van der Waals surface area contributed by atoms with E-state index in [1.54, 1.807) is 12.1 Å². The number of hydrogen-bond donors (Lipinski definition) is 2. The lowest BCUT2D eigenvalue weighted by molar-refractivity contribution is -0.116. The van der Waals surface area contributed by atoms with Crippen molar-refractivity contribution >= 4 is 11.6 Å². The standard InChI is InChI=1S/C14H14N4O/c15-7-11-1-2-13(6-12(11)8-16)18-14(19)5-10-3-4-17-9-10/h1-2,6,10,17H,3-5,9H2,(H,18,19). The maximum absolute atomic E-state index is 11.8. The van der Waals surface area contributed by atoms with Gasteiger partial charge in [0, 0.05) is 12.1 Å². The van der Waals surface area contributed by atoms with Crippen LogP contribution in [0.1, 0.15) is 24.0 Å². The second-order valence-corrected chi connectivity index (χ2v) is 4.60. The molecule has 1 aromatic carbocycles. The summed E-state index contributed by atoms with van der Waals surface area (Å²) in [5.74, 6) is 0.330. The van der Waals surface area contributed by atoms with Gasteiger partial charge in [0.2, 0.25) is 5.91 Å². The van der Waals surface area contributed by atoms with Crippen LogP contribution < -0.4 is 10.6 Å². The van der Waals surface area contributed by atoms with Crippen LogP contribution in [0.5, 0.6) is 0 Å². The SMILES string of the molecule is N#Cc1ccc(NC(=O)CC2CCNC2)cc1C#N. The summed E-state index contributed by atoms with van der Waals surface area (Å²) in [5, 5.41) is 23.7. The number of nitrogens with one attached hydrogen (secondary N) is 2. The van der Waals surface area contributed by atoms with Crippen molar-refractivity contribution < 1.29 is 4.79 Å². The minimum Gasteiger partial charge on any atom is -0.326 e. The van der Waals surface area contributed by atoms with Crippen LogP contribution in [0.25, 0.3) is 0 Å². The predicted molar refractivity (Wildman–Crippen MR) is 70.1 cm³/mol. The van der Waals surface area contributed by atoms with E-state index in [2.05, 4.69) is 10.6 Å². The van der Waals surface area contributed by atoms with Gasteiger partial charge in [0.1, 0.15) is 12.1 Å². The minimum atomic E-state index is -0.0534. The van der Waals surface area contributed by atoms with E-state index in [9.17, 15) is 4.79 Å². The van der Waals surface area contributed by atoms with E-state index in [1.807, 2.05) is 12.1 Å². The number of nitrogens with zero attached hydrogens (tertiary/aromatic N) is 2. The molecule has 1 amide bonds. The summed E-state index contributed by atoms with van der Waals surface area (Å²) in [6.45, 7) is 1.84. The highest BCUT2D eigenvalue weighted by molar-refractivity contribution is 5.91. The van der Waals surface area contributed by atoms with Crippen molar-refractivity contribution in [1.82, 2.24) is 5.32 Å². The van der Waals surface area contributed by atoms with Gasteiger partial charge in [-0.25, -0.2) is 0 Å². The van der Waals surface area contributed by atoms with Crippen molar-refractivity contribution in [3.05, 3.63) is 29.3 Å². The molecule has 2 N–H and O–H groups in total. The van der Waals surface area contributed by atoms with Crippen LogP contribution in [0, 0.1) is 28.6 Å². The third-order valence-corrected chi connectivity index (χ3v) is 3.18. The number of carbonyl (C=O) groups excluding carboxylic acids is 1. The third-order valence-electron chi connectivity index (χ3n) is 3.18. The Morgan fingerprint density at radius 2 is 2.16 bits per heavy atom. The molecule has 1 atom stereocenters. The van der Waals surface area contributed by atoms with Crippen molar-refractivity contribution in [3.8, 4) is 12.1 Å². The Morgan fingerprint density at radius 1 is 1.37 bits per heavy atom. The number of rotatable bonds is 3. The fourth-order valence-corrected chi connectivity index (χ4v) is 2.17. The molecule has 1 fully saturated rings. The van der Waals surface area contributed by atoms with Crippen LogP contribution in [0.4, 0.5) is 5.69 Å². The Morgan fingerprint density at radius 3 is 2.79 bits per heavy atom. The van der Waals surface area contributed by atoms with E-state index in [1.165, 1.54) is 6.07 Å². The third kappa shape index (κ3) is 3.31. The number of carbonyl (C=O) groups is 1. The Kier molecular flexibility index (Phi) is 4.12. The molecule has 96 valence electrons. The molecule has 0 aliphatic carbocycles. The quantitative estimate of drug-likeness (QED) is 0.852. The molecule has 0 saturated carbocycles. The molecule has 1 heterocycles. The smallest absolute Gasteiger partial charge is 0.224 e. The molecule has 1 unspecified atom stereocenters. The highest BCUT2D eigenvalue weighted by Crippen LogP contribution is 2.17. The lowest BCUT2D eigenvalue weighted by atomic mass is 10.0. The van der Waals surface area contributed by atoms with Crippen molar-refractivity contribution in [2.45, 2.75) is 12.8 Å². The topological polar surface area (TPSA) is 88.7 Å². The molecular formula is C14H14N4O. The number of benzene rings is 1. The first-order valence-electron chi connectivity index (χ1n) is 6.17. The molecule has 5 nitrogen and oxygen atoms in total. The zero-order chi connectivity index (χ0) is 13.7. The summed E-state index contributed by atoms with van der Waals surface area (Å²) >= 11 is 0. The molecule has 2 rings (SSSR count). The second kappa shape index (κ2) is 5.99. The number of nitriles is 2. The Bertz CT molecular complexity index is 562. The molecule has 0 aromatic heterocycles. The Labute approximate surface area is 111 Å². The van der Waals surface area contributed by atoms with E-state index in [4.69, 9.17) is 10.5 Å². The van der Waals surface area contributed by atoms with E-state index < -0.39 is 0 Å². The van der Waals surface area contributed by atoms with Gasteiger partial charge in [-0.1, -0.05) is 0 Å². The largest absolute Gasteiger partial charge is 0.326 e. The highest BCUT2D eigenvalue weighted by Gasteiger charge is 2.18. The highest BCUT2D eigenvalue weighted by atomic mass is 16.1. The maximum atomic E-state index is 11.8. The van der Waals surface area contributed by atoms with E-state index in [0.717, 1.165) is 19.5 Å². The van der Waals surface area contributed by atoms with Gasteiger partial charge >= 0.3 is 0 Å². The lowest BCUT2D eigenvalue weighted by Gasteiger charge is -2.09. The molecule has 1 aliphatic heterocycles. The van der Waals surface area contributed by atoms with Crippen LogP contribution in [-0.4, -0.2) is 19.0 Å². The molecule has 1 aliphatic rings. The van der Waals surface area contributed by atoms with Crippen molar-refractivity contribution in [3.63, 3.8) is 0 Å². The summed E-state index contributed by atoms with van der Waals surface area (Å²) in [5.41, 5.74) is 1.16. The average molecular weight is 254 g/mol. The van der Waals surface area contributed by atoms with Crippen molar-refractivity contribution in [1.29, 1.82) is 10.5 Å². The van der Waals surface area contributed by atoms with Gasteiger partial charge in [0.05, 0.1) is 11.1 Å². The number of amides is 1. The average Bonchev–Trinajstić information content (AvgIpc) is 2.91. The first-order chi connectivity index (χ1) is 9.22. The van der Waals surface area contributed by atoms with Crippen molar-refractivity contribution in [2.75, 3.05) is 18.4 Å². The maximum Gasteiger partial charge on any atom is 0.224 e. The molecule has 19 heavy (non-hydrogen) atoms. The fraction of sp³-hybridized carbons (Fsp3) is 0.357. The van der Waals surface area contributed by atoms with Gasteiger partial charge in [-0.2, -0.15) is 10.5 Å². The zero-order valence-electron chi connectivity index (χ0n) is 10.4. The lowest BCUT2D eigenvalue weighted by Crippen LogP contribution is -2.18. The zero-order valence-corrected chi connectivity index (χ0v) is 10.4. The monoisotopic (exact) mass is 254 g/mol. The van der Waals surface area contributed by atoms with Gasteiger partial charge < -0.3 is 10.6 Å². The van der Waals surface area contributed by atoms with Crippen LogP contribution in [-0.2, 0) is 4.79 Å². The normalized spacial score (nSPS) is 17.5. The molecule has 0 bridgehead atoms. The van der Waals surface area contributed by atoms with Gasteiger partial charge in [0.15, 0.2) is 0 Å². The first kappa shape index (κ1) is 13.1. The number of hydrogen-bond acceptors (Lipinski definition) is 4. The fourth-order valence-electron chi connectivity index (χ4n) is 2.17. The number of anilines is 1. The summed E-state index contributed by atoms with van der Waals surface area (Å²) in [4.78, 5) is 11.8.